The highest BCUT2D eigenvalue weighted by atomic mass is 32.1. The third-order valence-corrected chi connectivity index (χ3v) is 5.92. The molecular weight excluding hydrogens is 348 g/mol. The van der Waals surface area contributed by atoms with Gasteiger partial charge in [0.25, 0.3) is 0 Å². The van der Waals surface area contributed by atoms with Crippen LogP contribution in [0.25, 0.3) is 21.6 Å². The van der Waals surface area contributed by atoms with Gasteiger partial charge in [0.2, 0.25) is 0 Å². The third kappa shape index (κ3) is 3.14. The molecule has 0 saturated carbocycles. The first-order valence-electron chi connectivity index (χ1n) is 8.79. The summed E-state index contributed by atoms with van der Waals surface area (Å²) in [5.74, 6) is 0.665. The maximum Gasteiger partial charge on any atom is 0.305 e. The molecule has 0 unspecified atom stereocenters. The molecule has 7 heteroatoms. The molecule has 1 aliphatic rings. The van der Waals surface area contributed by atoms with Gasteiger partial charge in [0, 0.05) is 36.4 Å². The molecule has 0 bridgehead atoms. The second kappa shape index (κ2) is 6.99. The Hall–Kier alpha value is -2.54. The number of fused-ring (bicyclic) bond motifs is 3. The van der Waals surface area contributed by atoms with Gasteiger partial charge in [0.15, 0.2) is 5.82 Å². The molecule has 3 aromatic rings. The minimum Gasteiger partial charge on any atom is -0.481 e. The maximum absolute atomic E-state index is 11.0. The largest absolute Gasteiger partial charge is 0.481 e. The fraction of sp³-hybridized carbons (Fsp3) is 0.368. The van der Waals surface area contributed by atoms with Crippen LogP contribution >= 0.6 is 11.3 Å². The lowest BCUT2D eigenvalue weighted by molar-refractivity contribution is -0.136. The summed E-state index contributed by atoms with van der Waals surface area (Å²) in [6, 6.07) is 3.82. The summed E-state index contributed by atoms with van der Waals surface area (Å²) in [7, 11) is 1.91. The first kappa shape index (κ1) is 16.9. The summed E-state index contributed by atoms with van der Waals surface area (Å²) in [4.78, 5) is 29.1. The van der Waals surface area contributed by atoms with Crippen LogP contribution in [0, 0.1) is 0 Å². The van der Waals surface area contributed by atoms with Gasteiger partial charge in [-0.1, -0.05) is 0 Å². The van der Waals surface area contributed by atoms with Gasteiger partial charge in [-0.05, 0) is 43.4 Å². The van der Waals surface area contributed by atoms with Crippen molar-refractivity contribution in [2.24, 2.45) is 0 Å². The van der Waals surface area contributed by atoms with E-state index in [4.69, 9.17) is 15.1 Å². The highest BCUT2D eigenvalue weighted by molar-refractivity contribution is 7.19. The SMILES string of the molecule is CN(CCC(=O)O)c1nc(-c2cccnc2)nc2sc3c(c12)CCCC3. The van der Waals surface area contributed by atoms with E-state index < -0.39 is 5.97 Å². The van der Waals surface area contributed by atoms with Gasteiger partial charge in [-0.15, -0.1) is 11.3 Å². The van der Waals surface area contributed by atoms with E-state index >= 15 is 0 Å². The second-order valence-electron chi connectivity index (χ2n) is 6.57. The maximum atomic E-state index is 11.0. The number of carboxylic acid groups (broad SMARTS) is 1. The van der Waals surface area contributed by atoms with E-state index in [1.54, 1.807) is 23.7 Å². The first-order chi connectivity index (χ1) is 12.6. The Morgan fingerprint density at radius 3 is 2.92 bits per heavy atom. The molecule has 3 aromatic heterocycles. The molecule has 0 aliphatic heterocycles. The highest BCUT2D eigenvalue weighted by Crippen LogP contribution is 2.40. The van der Waals surface area contributed by atoms with E-state index in [0.29, 0.717) is 12.4 Å². The van der Waals surface area contributed by atoms with Crippen LogP contribution in [0.4, 0.5) is 5.82 Å². The Labute approximate surface area is 155 Å². The molecule has 0 amide bonds. The van der Waals surface area contributed by atoms with Crippen LogP contribution in [0.15, 0.2) is 24.5 Å². The number of hydrogen-bond donors (Lipinski definition) is 1. The molecule has 0 atom stereocenters. The summed E-state index contributed by atoms with van der Waals surface area (Å²) in [5, 5.41) is 10.1. The molecule has 0 saturated heterocycles. The summed E-state index contributed by atoms with van der Waals surface area (Å²) < 4.78 is 0. The van der Waals surface area contributed by atoms with Crippen molar-refractivity contribution >= 4 is 33.3 Å². The number of anilines is 1. The Kier molecular flexibility index (Phi) is 4.55. The van der Waals surface area contributed by atoms with Crippen LogP contribution in [0.2, 0.25) is 0 Å². The predicted octanol–water partition coefficient (Wildman–Crippen LogP) is 3.54. The van der Waals surface area contributed by atoms with Crippen LogP contribution < -0.4 is 4.90 Å². The molecule has 0 radical (unpaired) electrons. The Balaban J connectivity index is 1.87. The quantitative estimate of drug-likeness (QED) is 0.742. The van der Waals surface area contributed by atoms with E-state index in [2.05, 4.69) is 4.98 Å². The molecule has 6 nitrogen and oxygen atoms in total. The average Bonchev–Trinajstić information content (AvgIpc) is 3.04. The van der Waals surface area contributed by atoms with Crippen molar-refractivity contribution < 1.29 is 9.90 Å². The van der Waals surface area contributed by atoms with E-state index in [1.807, 2.05) is 24.1 Å². The minimum atomic E-state index is -0.804. The number of aromatic nitrogens is 3. The predicted molar refractivity (Wildman–Crippen MR) is 103 cm³/mol. The van der Waals surface area contributed by atoms with Crippen molar-refractivity contribution in [2.75, 3.05) is 18.5 Å². The van der Waals surface area contributed by atoms with Crippen molar-refractivity contribution in [3.63, 3.8) is 0 Å². The Morgan fingerprint density at radius 1 is 1.31 bits per heavy atom. The van der Waals surface area contributed by atoms with Crippen molar-refractivity contribution in [3.8, 4) is 11.4 Å². The number of carbonyl (C=O) groups is 1. The molecule has 0 aromatic carbocycles. The molecule has 4 rings (SSSR count). The molecule has 0 spiro atoms. The molecule has 26 heavy (non-hydrogen) atoms. The fourth-order valence-electron chi connectivity index (χ4n) is 3.41. The summed E-state index contributed by atoms with van der Waals surface area (Å²) in [6.45, 7) is 0.415. The highest BCUT2D eigenvalue weighted by Gasteiger charge is 2.23. The van der Waals surface area contributed by atoms with E-state index in [0.717, 1.165) is 34.4 Å². The van der Waals surface area contributed by atoms with E-state index in [-0.39, 0.29) is 6.42 Å². The lowest BCUT2D eigenvalue weighted by Gasteiger charge is -2.20. The Morgan fingerprint density at radius 2 is 2.15 bits per heavy atom. The number of thiophene rings is 1. The summed E-state index contributed by atoms with van der Waals surface area (Å²) >= 11 is 1.75. The molecule has 1 N–H and O–H groups in total. The molecular formula is C19H20N4O2S. The monoisotopic (exact) mass is 368 g/mol. The van der Waals surface area contributed by atoms with Gasteiger partial charge < -0.3 is 10.0 Å². The summed E-state index contributed by atoms with van der Waals surface area (Å²) in [6.07, 6.45) is 8.11. The van der Waals surface area contributed by atoms with Crippen LogP contribution in [0.3, 0.4) is 0 Å². The number of pyridine rings is 1. The van der Waals surface area contributed by atoms with Crippen molar-refractivity contribution in [1.82, 2.24) is 15.0 Å². The lowest BCUT2D eigenvalue weighted by atomic mass is 9.97. The third-order valence-electron chi connectivity index (χ3n) is 4.74. The molecule has 1 aliphatic carbocycles. The van der Waals surface area contributed by atoms with Crippen LogP contribution in [0.5, 0.6) is 0 Å². The zero-order valence-corrected chi connectivity index (χ0v) is 15.4. The number of aryl methyl sites for hydroxylation is 2. The van der Waals surface area contributed by atoms with Crippen LogP contribution in [-0.4, -0.2) is 39.6 Å². The van der Waals surface area contributed by atoms with Crippen LogP contribution in [-0.2, 0) is 17.6 Å². The lowest BCUT2D eigenvalue weighted by Crippen LogP contribution is -2.23. The second-order valence-corrected chi connectivity index (χ2v) is 7.65. The van der Waals surface area contributed by atoms with Gasteiger partial charge in [-0.25, -0.2) is 9.97 Å². The topological polar surface area (TPSA) is 79.2 Å². The van der Waals surface area contributed by atoms with E-state index in [1.165, 1.54) is 23.3 Å². The van der Waals surface area contributed by atoms with Gasteiger partial charge in [0.05, 0.1) is 11.8 Å². The molecule has 3 heterocycles. The molecule has 134 valence electrons. The van der Waals surface area contributed by atoms with Gasteiger partial charge in [-0.2, -0.15) is 0 Å². The fourth-order valence-corrected chi connectivity index (χ4v) is 4.66. The minimum absolute atomic E-state index is 0.0799. The van der Waals surface area contributed by atoms with Gasteiger partial charge >= 0.3 is 5.97 Å². The van der Waals surface area contributed by atoms with Crippen molar-refractivity contribution in [3.05, 3.63) is 35.0 Å². The van der Waals surface area contributed by atoms with Gasteiger partial charge in [0.1, 0.15) is 10.6 Å². The van der Waals surface area contributed by atoms with Crippen molar-refractivity contribution in [2.45, 2.75) is 32.1 Å². The standard InChI is InChI=1S/C19H20N4O2S/c1-23(10-8-15(24)25)18-16-13-6-2-3-7-14(13)26-19(16)22-17(21-18)12-5-4-9-20-11-12/h4-5,9,11H,2-3,6-8,10H2,1H3,(H,24,25). The summed E-state index contributed by atoms with van der Waals surface area (Å²) in [5.41, 5.74) is 2.22. The number of nitrogens with zero attached hydrogens (tertiary/aromatic N) is 4. The Bertz CT molecular complexity index is 955. The van der Waals surface area contributed by atoms with E-state index in [9.17, 15) is 4.79 Å². The zero-order valence-electron chi connectivity index (χ0n) is 14.6. The first-order valence-corrected chi connectivity index (χ1v) is 9.61. The van der Waals surface area contributed by atoms with Gasteiger partial charge in [-0.3, -0.25) is 9.78 Å². The average molecular weight is 368 g/mol. The molecule has 0 fully saturated rings. The smallest absolute Gasteiger partial charge is 0.305 e. The number of hydrogen-bond acceptors (Lipinski definition) is 6. The normalized spacial score (nSPS) is 13.6. The number of aliphatic carboxylic acids is 1. The number of carboxylic acids is 1. The van der Waals surface area contributed by atoms with Crippen LogP contribution in [0.1, 0.15) is 29.7 Å². The zero-order chi connectivity index (χ0) is 18.1. The van der Waals surface area contributed by atoms with Crippen molar-refractivity contribution in [1.29, 1.82) is 0 Å². The number of rotatable bonds is 5.